The molecule has 2 fully saturated rings. The highest BCUT2D eigenvalue weighted by atomic mass is 16.4. The minimum Gasteiger partial charge on any atom is -0.481 e. The van der Waals surface area contributed by atoms with E-state index >= 15 is 0 Å². The van der Waals surface area contributed by atoms with Crippen LogP contribution in [0.4, 0.5) is 0 Å². The third kappa shape index (κ3) is 1.27. The topological polar surface area (TPSA) is 57.5 Å². The minimum absolute atomic E-state index is 0.0229. The maximum atomic E-state index is 10.6. The predicted octanol–water partition coefficient (Wildman–Crippen LogP) is 2.20. The minimum atomic E-state index is -0.828. The third-order valence-electron chi connectivity index (χ3n) is 5.13. The summed E-state index contributed by atoms with van der Waals surface area (Å²) in [6.07, 6.45) is 3.40. The monoisotopic (exact) mass is 224 g/mol. The summed E-state index contributed by atoms with van der Waals surface area (Å²) in [6, 6.07) is 0. The first-order valence-corrected chi connectivity index (χ1v) is 5.90. The quantitative estimate of drug-likeness (QED) is 0.707. The molecule has 0 aromatic rings. The van der Waals surface area contributed by atoms with Gasteiger partial charge in [0.1, 0.15) is 0 Å². The van der Waals surface area contributed by atoms with Crippen LogP contribution in [-0.4, -0.2) is 22.3 Å². The van der Waals surface area contributed by atoms with Crippen molar-refractivity contribution in [1.29, 1.82) is 0 Å². The third-order valence-corrected chi connectivity index (χ3v) is 5.13. The van der Waals surface area contributed by atoms with Gasteiger partial charge in [0.25, 0.3) is 0 Å². The molecule has 90 valence electrons. The Labute approximate surface area is 96.2 Å². The van der Waals surface area contributed by atoms with E-state index in [-0.39, 0.29) is 17.3 Å². The summed E-state index contributed by atoms with van der Waals surface area (Å²) < 4.78 is 0. The summed E-state index contributed by atoms with van der Waals surface area (Å²) in [7, 11) is 0. The van der Waals surface area contributed by atoms with Crippen molar-refractivity contribution in [1.82, 2.24) is 0 Å². The number of aliphatic hydroxyl groups is 1. The van der Waals surface area contributed by atoms with Gasteiger partial charge in [-0.1, -0.05) is 26.8 Å². The molecule has 0 radical (unpaired) electrons. The zero-order chi connectivity index (χ0) is 12.1. The van der Waals surface area contributed by atoms with Crippen LogP contribution in [0.2, 0.25) is 0 Å². The van der Waals surface area contributed by atoms with E-state index in [1.807, 2.05) is 0 Å². The molecular weight excluding hydrogens is 204 g/mol. The number of hydrogen-bond acceptors (Lipinski definition) is 2. The van der Waals surface area contributed by atoms with Crippen molar-refractivity contribution >= 4 is 5.97 Å². The Morgan fingerprint density at radius 1 is 1.50 bits per heavy atom. The Hall–Kier alpha value is -0.830. The average Bonchev–Trinajstić information content (AvgIpc) is 2.47. The second-order valence-electron chi connectivity index (χ2n) is 5.93. The maximum absolute atomic E-state index is 10.6. The van der Waals surface area contributed by atoms with Gasteiger partial charge < -0.3 is 10.2 Å². The molecule has 0 aromatic heterocycles. The van der Waals surface area contributed by atoms with Crippen LogP contribution in [0.3, 0.4) is 0 Å². The van der Waals surface area contributed by atoms with Gasteiger partial charge in [-0.2, -0.15) is 0 Å². The Balaban J connectivity index is 2.33. The van der Waals surface area contributed by atoms with Crippen molar-refractivity contribution in [2.24, 2.45) is 16.7 Å². The van der Waals surface area contributed by atoms with Gasteiger partial charge in [-0.05, 0) is 29.7 Å². The van der Waals surface area contributed by atoms with Crippen molar-refractivity contribution in [3.63, 3.8) is 0 Å². The lowest BCUT2D eigenvalue weighted by atomic mass is 9.70. The van der Waals surface area contributed by atoms with E-state index in [4.69, 9.17) is 5.11 Å². The largest absolute Gasteiger partial charge is 0.481 e. The predicted molar refractivity (Wildman–Crippen MR) is 61.0 cm³/mol. The van der Waals surface area contributed by atoms with Gasteiger partial charge in [0.2, 0.25) is 0 Å². The van der Waals surface area contributed by atoms with Crippen molar-refractivity contribution in [2.45, 2.75) is 46.1 Å². The van der Waals surface area contributed by atoms with E-state index in [0.717, 1.165) is 18.4 Å². The van der Waals surface area contributed by atoms with Gasteiger partial charge in [0.05, 0.1) is 12.5 Å². The zero-order valence-electron chi connectivity index (χ0n) is 10.2. The van der Waals surface area contributed by atoms with E-state index in [2.05, 4.69) is 20.8 Å². The Kier molecular flexibility index (Phi) is 2.42. The first kappa shape index (κ1) is 11.6. The average molecular weight is 224 g/mol. The molecule has 0 amide bonds. The van der Waals surface area contributed by atoms with E-state index in [1.54, 1.807) is 6.08 Å². The Bertz CT molecular complexity index is 356. The molecule has 2 bridgehead atoms. The fraction of sp³-hybridized carbons (Fsp3) is 0.769. The number of carboxylic acid groups (broad SMARTS) is 1. The van der Waals surface area contributed by atoms with Crippen LogP contribution in [0.1, 0.15) is 40.0 Å². The van der Waals surface area contributed by atoms with Crippen molar-refractivity contribution in [3.8, 4) is 0 Å². The number of fused-ring (bicyclic) bond motifs is 2. The molecule has 0 heterocycles. The first-order valence-electron chi connectivity index (χ1n) is 5.90. The summed E-state index contributed by atoms with van der Waals surface area (Å²) in [6.45, 7) is 6.50. The lowest BCUT2D eigenvalue weighted by Gasteiger charge is -2.36. The van der Waals surface area contributed by atoms with Gasteiger partial charge in [0.15, 0.2) is 0 Å². The molecule has 0 spiro atoms. The van der Waals surface area contributed by atoms with E-state index in [1.165, 1.54) is 0 Å². The van der Waals surface area contributed by atoms with Crippen LogP contribution in [-0.2, 0) is 4.79 Å². The fourth-order valence-corrected chi connectivity index (χ4v) is 3.62. The Morgan fingerprint density at radius 3 is 2.56 bits per heavy atom. The zero-order valence-corrected chi connectivity index (χ0v) is 10.2. The maximum Gasteiger partial charge on any atom is 0.307 e. The molecule has 0 saturated heterocycles. The number of rotatable bonds is 2. The van der Waals surface area contributed by atoms with Gasteiger partial charge >= 0.3 is 5.97 Å². The van der Waals surface area contributed by atoms with Gasteiger partial charge in [-0.3, -0.25) is 4.79 Å². The molecule has 3 atom stereocenters. The van der Waals surface area contributed by atoms with Gasteiger partial charge in [-0.15, -0.1) is 0 Å². The van der Waals surface area contributed by atoms with Crippen LogP contribution >= 0.6 is 0 Å². The summed E-state index contributed by atoms with van der Waals surface area (Å²) in [5.41, 5.74) is 0.958. The van der Waals surface area contributed by atoms with E-state index < -0.39 is 12.1 Å². The molecule has 2 saturated carbocycles. The molecule has 0 aromatic carbocycles. The summed E-state index contributed by atoms with van der Waals surface area (Å²) in [5.74, 6) is -0.475. The van der Waals surface area contributed by atoms with Crippen LogP contribution < -0.4 is 0 Å². The van der Waals surface area contributed by atoms with Crippen LogP contribution in [0.25, 0.3) is 0 Å². The molecule has 0 aliphatic heterocycles. The van der Waals surface area contributed by atoms with Crippen molar-refractivity contribution in [2.75, 3.05) is 0 Å². The summed E-state index contributed by atoms with van der Waals surface area (Å²) >= 11 is 0. The number of carboxylic acids is 1. The molecule has 2 aliphatic rings. The SMILES string of the molecule is CC1(C)[C@H]2CC[C@@]1(C)[C@H](O)/C2=C\CC(=O)O. The number of aliphatic carboxylic acids is 1. The highest BCUT2D eigenvalue weighted by Crippen LogP contribution is 2.67. The molecule has 3 heteroatoms. The van der Waals surface area contributed by atoms with Gasteiger partial charge in [-0.25, -0.2) is 0 Å². The second-order valence-corrected chi connectivity index (χ2v) is 5.93. The molecule has 3 nitrogen and oxygen atoms in total. The lowest BCUT2D eigenvalue weighted by Crippen LogP contribution is -2.35. The molecular formula is C13H20O3. The standard InChI is InChI=1S/C13H20O3/c1-12(2)9-6-7-13(12,3)11(16)8(9)4-5-10(14)15/h4,9,11,16H,5-7H2,1-3H3,(H,14,15)/b8-4-/t9-,11+,13-/m0/s1. The molecule has 0 unspecified atom stereocenters. The van der Waals surface area contributed by atoms with Crippen molar-refractivity contribution in [3.05, 3.63) is 11.6 Å². The molecule has 2 N–H and O–H groups in total. The van der Waals surface area contributed by atoms with Gasteiger partial charge in [0, 0.05) is 5.41 Å². The van der Waals surface area contributed by atoms with Crippen molar-refractivity contribution < 1.29 is 15.0 Å². The lowest BCUT2D eigenvalue weighted by molar-refractivity contribution is -0.136. The molecule has 16 heavy (non-hydrogen) atoms. The van der Waals surface area contributed by atoms with Crippen LogP contribution in [0, 0.1) is 16.7 Å². The highest BCUT2D eigenvalue weighted by molar-refractivity contribution is 5.69. The number of carbonyl (C=O) groups is 1. The van der Waals surface area contributed by atoms with Crippen LogP contribution in [0.5, 0.6) is 0 Å². The second kappa shape index (κ2) is 3.33. The fourth-order valence-electron chi connectivity index (χ4n) is 3.62. The summed E-state index contributed by atoms with van der Waals surface area (Å²) in [4.78, 5) is 10.6. The molecule has 2 aliphatic carbocycles. The number of aliphatic hydroxyl groups excluding tert-OH is 1. The van der Waals surface area contributed by atoms with E-state index in [0.29, 0.717) is 5.92 Å². The van der Waals surface area contributed by atoms with E-state index in [9.17, 15) is 9.90 Å². The molecule has 2 rings (SSSR count). The smallest absolute Gasteiger partial charge is 0.307 e. The normalized spacial score (nSPS) is 42.9. The highest BCUT2D eigenvalue weighted by Gasteiger charge is 2.63. The summed E-state index contributed by atoms with van der Waals surface area (Å²) in [5, 5.41) is 19.0. The number of hydrogen-bond donors (Lipinski definition) is 2. The van der Waals surface area contributed by atoms with Crippen LogP contribution in [0.15, 0.2) is 11.6 Å². The Morgan fingerprint density at radius 2 is 2.12 bits per heavy atom. The first-order chi connectivity index (χ1) is 7.30.